The molecule has 0 spiro atoms. The van der Waals surface area contributed by atoms with Gasteiger partial charge in [0.15, 0.2) is 0 Å². The number of aromatic nitrogens is 1. The Morgan fingerprint density at radius 3 is 2.49 bits per heavy atom. The van der Waals surface area contributed by atoms with Crippen molar-refractivity contribution in [3.05, 3.63) is 114 Å². The third-order valence-electron chi connectivity index (χ3n) is 5.55. The molecule has 1 aromatic heterocycles. The fourth-order valence-electron chi connectivity index (χ4n) is 3.62. The molecule has 188 valence electrons. The Hall–Kier alpha value is -4.30. The molecule has 0 saturated carbocycles. The summed E-state index contributed by atoms with van der Waals surface area (Å²) < 4.78 is 10.6. The molecule has 0 aliphatic heterocycles. The molecule has 2 N–H and O–H groups in total. The molecule has 2 amide bonds. The summed E-state index contributed by atoms with van der Waals surface area (Å²) in [6.45, 7) is 0.328. The Balaban J connectivity index is 1.38. The van der Waals surface area contributed by atoms with Crippen LogP contribution in [0.1, 0.15) is 32.0 Å². The van der Waals surface area contributed by atoms with Crippen molar-refractivity contribution in [1.82, 2.24) is 10.3 Å². The first-order valence-corrected chi connectivity index (χ1v) is 12.6. The molecule has 8 heteroatoms. The number of hydrogen-bond acceptors (Lipinski definition) is 6. The van der Waals surface area contributed by atoms with Crippen molar-refractivity contribution in [2.45, 2.75) is 17.2 Å². The first kappa shape index (κ1) is 25.8. The van der Waals surface area contributed by atoms with Crippen LogP contribution in [-0.4, -0.2) is 31.0 Å². The van der Waals surface area contributed by atoms with E-state index in [1.165, 1.54) is 0 Å². The molecule has 0 saturated heterocycles. The van der Waals surface area contributed by atoms with Gasteiger partial charge in [-0.15, -0.1) is 11.8 Å². The SMILES string of the molecule is COc1ccc(CNC(=O)c2cccc(CSc3ccccc3NC(=O)c3ccccn3)c2)c(OC)c1. The van der Waals surface area contributed by atoms with Crippen LogP contribution in [0.4, 0.5) is 5.69 Å². The maximum Gasteiger partial charge on any atom is 0.274 e. The van der Waals surface area contributed by atoms with Crippen molar-refractivity contribution in [2.24, 2.45) is 0 Å². The number of benzene rings is 3. The normalized spacial score (nSPS) is 10.4. The van der Waals surface area contributed by atoms with Gasteiger partial charge in [0.2, 0.25) is 0 Å². The third kappa shape index (κ3) is 6.89. The number of carbonyl (C=O) groups is 2. The van der Waals surface area contributed by atoms with E-state index in [1.54, 1.807) is 62.5 Å². The van der Waals surface area contributed by atoms with Gasteiger partial charge in [0.1, 0.15) is 17.2 Å². The molecule has 0 bridgehead atoms. The maximum atomic E-state index is 12.8. The molecule has 7 nitrogen and oxygen atoms in total. The molecule has 0 aliphatic carbocycles. The van der Waals surface area contributed by atoms with E-state index in [-0.39, 0.29) is 11.8 Å². The Bertz CT molecular complexity index is 1380. The van der Waals surface area contributed by atoms with Crippen molar-refractivity contribution >= 4 is 29.3 Å². The highest BCUT2D eigenvalue weighted by atomic mass is 32.2. The van der Waals surface area contributed by atoms with Crippen LogP contribution in [0.5, 0.6) is 11.5 Å². The van der Waals surface area contributed by atoms with Crippen molar-refractivity contribution in [2.75, 3.05) is 19.5 Å². The monoisotopic (exact) mass is 513 g/mol. The number of amides is 2. The van der Waals surface area contributed by atoms with Gasteiger partial charge in [-0.3, -0.25) is 14.6 Å². The fourth-order valence-corrected chi connectivity index (χ4v) is 4.57. The number of anilines is 1. The molecule has 0 aliphatic rings. The molecular weight excluding hydrogens is 486 g/mol. The van der Waals surface area contributed by atoms with E-state index >= 15 is 0 Å². The first-order valence-electron chi connectivity index (χ1n) is 11.6. The van der Waals surface area contributed by atoms with Crippen LogP contribution < -0.4 is 20.1 Å². The molecule has 0 fully saturated rings. The van der Waals surface area contributed by atoms with Gasteiger partial charge in [0, 0.05) is 40.6 Å². The van der Waals surface area contributed by atoms with Crippen molar-refractivity contribution in [1.29, 1.82) is 0 Å². The zero-order valence-electron chi connectivity index (χ0n) is 20.6. The number of nitrogens with one attached hydrogen (secondary N) is 2. The quantitative estimate of drug-likeness (QED) is 0.269. The summed E-state index contributed by atoms with van der Waals surface area (Å²) in [7, 11) is 3.18. The van der Waals surface area contributed by atoms with Crippen LogP contribution in [0.2, 0.25) is 0 Å². The summed E-state index contributed by atoms with van der Waals surface area (Å²) in [5.41, 5.74) is 3.49. The van der Waals surface area contributed by atoms with Gasteiger partial charge in [-0.25, -0.2) is 0 Å². The van der Waals surface area contributed by atoms with E-state index < -0.39 is 0 Å². The van der Waals surface area contributed by atoms with Crippen LogP contribution >= 0.6 is 11.8 Å². The molecule has 0 radical (unpaired) electrons. The van der Waals surface area contributed by atoms with Gasteiger partial charge in [-0.1, -0.05) is 30.3 Å². The summed E-state index contributed by atoms with van der Waals surface area (Å²) in [6.07, 6.45) is 1.59. The minimum Gasteiger partial charge on any atom is -0.497 e. The highest BCUT2D eigenvalue weighted by Crippen LogP contribution is 2.30. The molecule has 0 atom stereocenters. The lowest BCUT2D eigenvalue weighted by Crippen LogP contribution is -2.23. The van der Waals surface area contributed by atoms with Crippen LogP contribution in [-0.2, 0) is 12.3 Å². The van der Waals surface area contributed by atoms with Crippen LogP contribution in [0.25, 0.3) is 0 Å². The number of pyridine rings is 1. The van der Waals surface area contributed by atoms with Gasteiger partial charge in [-0.2, -0.15) is 0 Å². The average molecular weight is 514 g/mol. The molecule has 0 unspecified atom stereocenters. The lowest BCUT2D eigenvalue weighted by atomic mass is 10.1. The summed E-state index contributed by atoms with van der Waals surface area (Å²) in [6, 6.07) is 25.8. The maximum absolute atomic E-state index is 12.8. The van der Waals surface area contributed by atoms with Crippen molar-refractivity contribution < 1.29 is 19.1 Å². The standard InChI is InChI=1S/C29H27N3O4S/c1-35-23-14-13-22(26(17-23)36-2)18-31-28(33)21-9-7-8-20(16-21)19-37-27-12-4-3-10-24(27)32-29(34)25-11-5-6-15-30-25/h3-17H,18-19H2,1-2H3,(H,31,33)(H,32,34). The Kier molecular flexibility index (Phi) is 8.78. The van der Waals surface area contributed by atoms with Crippen LogP contribution in [0.3, 0.4) is 0 Å². The van der Waals surface area contributed by atoms with Gasteiger partial charge in [0.05, 0.1) is 19.9 Å². The second-order valence-corrected chi connectivity index (χ2v) is 9.03. The zero-order chi connectivity index (χ0) is 26.0. The predicted octanol–water partition coefficient (Wildman–Crippen LogP) is 5.57. The number of hydrogen-bond donors (Lipinski definition) is 2. The number of thioether (sulfide) groups is 1. The van der Waals surface area contributed by atoms with Crippen molar-refractivity contribution in [3.63, 3.8) is 0 Å². The van der Waals surface area contributed by atoms with Gasteiger partial charge in [-0.05, 0) is 54.1 Å². The molecule has 3 aromatic carbocycles. The van der Waals surface area contributed by atoms with E-state index in [0.717, 1.165) is 16.0 Å². The van der Waals surface area contributed by atoms with Crippen molar-refractivity contribution in [3.8, 4) is 11.5 Å². The Morgan fingerprint density at radius 2 is 1.70 bits per heavy atom. The second kappa shape index (κ2) is 12.6. The first-order chi connectivity index (χ1) is 18.1. The lowest BCUT2D eigenvalue weighted by Gasteiger charge is -2.12. The second-order valence-electron chi connectivity index (χ2n) is 8.01. The minimum atomic E-state index is -0.263. The fraction of sp³-hybridized carbons (Fsp3) is 0.138. The van der Waals surface area contributed by atoms with E-state index in [0.29, 0.717) is 40.7 Å². The number of ether oxygens (including phenoxy) is 2. The molecule has 4 rings (SSSR count). The predicted molar refractivity (Wildman–Crippen MR) is 145 cm³/mol. The number of methoxy groups -OCH3 is 2. The molecule has 1 heterocycles. The number of para-hydroxylation sites is 1. The van der Waals surface area contributed by atoms with Gasteiger partial charge >= 0.3 is 0 Å². The largest absolute Gasteiger partial charge is 0.497 e. The van der Waals surface area contributed by atoms with E-state index in [9.17, 15) is 9.59 Å². The van der Waals surface area contributed by atoms with Gasteiger partial charge in [0.25, 0.3) is 11.8 Å². The smallest absolute Gasteiger partial charge is 0.274 e. The van der Waals surface area contributed by atoms with Gasteiger partial charge < -0.3 is 20.1 Å². The zero-order valence-corrected chi connectivity index (χ0v) is 21.4. The highest BCUT2D eigenvalue weighted by molar-refractivity contribution is 7.98. The highest BCUT2D eigenvalue weighted by Gasteiger charge is 2.12. The summed E-state index contributed by atoms with van der Waals surface area (Å²) in [5.74, 6) is 1.53. The number of carbonyl (C=O) groups excluding carboxylic acids is 2. The third-order valence-corrected chi connectivity index (χ3v) is 6.69. The average Bonchev–Trinajstić information content (AvgIpc) is 2.95. The lowest BCUT2D eigenvalue weighted by molar-refractivity contribution is 0.0949. The Morgan fingerprint density at radius 1 is 0.865 bits per heavy atom. The van der Waals surface area contributed by atoms with Crippen LogP contribution in [0.15, 0.2) is 96.0 Å². The minimum absolute atomic E-state index is 0.173. The summed E-state index contributed by atoms with van der Waals surface area (Å²) in [4.78, 5) is 30.4. The Labute approximate surface area is 220 Å². The summed E-state index contributed by atoms with van der Waals surface area (Å²) in [5, 5.41) is 5.89. The van der Waals surface area contributed by atoms with E-state index in [1.807, 2.05) is 54.6 Å². The molecule has 4 aromatic rings. The summed E-state index contributed by atoms with van der Waals surface area (Å²) >= 11 is 1.58. The van der Waals surface area contributed by atoms with Crippen LogP contribution in [0, 0.1) is 0 Å². The topological polar surface area (TPSA) is 89.6 Å². The van der Waals surface area contributed by atoms with E-state index in [4.69, 9.17) is 9.47 Å². The van der Waals surface area contributed by atoms with E-state index in [2.05, 4.69) is 15.6 Å². The molecule has 37 heavy (non-hydrogen) atoms. The molecular formula is C29H27N3O4S. The number of nitrogens with zero attached hydrogens (tertiary/aromatic N) is 1. The number of rotatable bonds is 10.